The molecule has 3 N–H and O–H groups in total. The number of nitrogens with two attached hydrogens (primary N) is 1. The number of hydrogen-bond donors (Lipinski definition) is 2. The van der Waals surface area contributed by atoms with Gasteiger partial charge in [-0.25, -0.2) is 8.42 Å². The van der Waals surface area contributed by atoms with Crippen molar-refractivity contribution in [1.82, 2.24) is 0 Å². The molecule has 1 saturated carbocycles. The third kappa shape index (κ3) is 2.34. The van der Waals surface area contributed by atoms with Gasteiger partial charge in [0.15, 0.2) is 9.84 Å². The summed E-state index contributed by atoms with van der Waals surface area (Å²) in [7, 11) is -3.80. The largest absolute Gasteiger partial charge is 0.481 e. The first-order chi connectivity index (χ1) is 11.4. The molecule has 0 saturated heterocycles. The van der Waals surface area contributed by atoms with Crippen LogP contribution in [0.2, 0.25) is 0 Å². The van der Waals surface area contributed by atoms with Gasteiger partial charge in [-0.3, -0.25) is 4.79 Å². The molecule has 0 aliphatic heterocycles. The molecule has 1 aliphatic rings. The van der Waals surface area contributed by atoms with Gasteiger partial charge in [0.05, 0.1) is 10.1 Å². The van der Waals surface area contributed by atoms with Gasteiger partial charge in [0.1, 0.15) is 5.41 Å². The molecule has 0 radical (unpaired) electrons. The molecule has 0 heterocycles. The molecule has 0 bridgehead atoms. The minimum atomic E-state index is -3.80. The normalized spacial score (nSPS) is 26.1. The molecule has 0 amide bonds. The van der Waals surface area contributed by atoms with Crippen molar-refractivity contribution in [3.63, 3.8) is 0 Å². The van der Waals surface area contributed by atoms with Gasteiger partial charge in [-0.2, -0.15) is 0 Å². The van der Waals surface area contributed by atoms with E-state index < -0.39 is 32.4 Å². The van der Waals surface area contributed by atoms with Gasteiger partial charge in [-0.15, -0.1) is 0 Å². The Hall–Kier alpha value is -2.18. The third-order valence-corrected chi connectivity index (χ3v) is 7.13. The van der Waals surface area contributed by atoms with Crippen LogP contribution in [0.1, 0.15) is 17.0 Å². The number of hydrogen-bond acceptors (Lipinski definition) is 4. The molecule has 0 aromatic heterocycles. The van der Waals surface area contributed by atoms with Crippen LogP contribution in [0.15, 0.2) is 59.5 Å². The van der Waals surface area contributed by atoms with E-state index in [0.29, 0.717) is 5.56 Å². The maximum Gasteiger partial charge on any atom is 0.312 e. The molecule has 1 aliphatic carbocycles. The van der Waals surface area contributed by atoms with Gasteiger partial charge in [-0.1, -0.05) is 48.0 Å². The summed E-state index contributed by atoms with van der Waals surface area (Å²) in [6.45, 7) is 1.69. The first kappa shape index (κ1) is 16.7. The van der Waals surface area contributed by atoms with Gasteiger partial charge >= 0.3 is 5.97 Å². The number of carboxylic acids is 1. The molecule has 2 aromatic rings. The highest BCUT2D eigenvalue weighted by Gasteiger charge is 2.75. The monoisotopic (exact) mass is 345 g/mol. The van der Waals surface area contributed by atoms with Crippen molar-refractivity contribution in [1.29, 1.82) is 0 Å². The molecule has 24 heavy (non-hydrogen) atoms. The van der Waals surface area contributed by atoms with Crippen molar-refractivity contribution in [3.8, 4) is 0 Å². The third-order valence-electron chi connectivity index (χ3n) is 4.83. The van der Waals surface area contributed by atoms with E-state index in [4.69, 9.17) is 5.73 Å². The Morgan fingerprint density at radius 3 is 2.21 bits per heavy atom. The number of sulfone groups is 1. The fourth-order valence-electron chi connectivity index (χ4n) is 3.45. The first-order valence-electron chi connectivity index (χ1n) is 7.64. The van der Waals surface area contributed by atoms with Crippen molar-refractivity contribution >= 4 is 15.8 Å². The van der Waals surface area contributed by atoms with Crippen molar-refractivity contribution in [3.05, 3.63) is 65.7 Å². The summed E-state index contributed by atoms with van der Waals surface area (Å²) in [5, 5.41) is 8.67. The Morgan fingerprint density at radius 2 is 1.71 bits per heavy atom. The summed E-state index contributed by atoms with van der Waals surface area (Å²) in [5.41, 5.74) is 5.98. The van der Waals surface area contributed by atoms with E-state index >= 15 is 0 Å². The van der Waals surface area contributed by atoms with E-state index in [9.17, 15) is 18.3 Å². The number of benzene rings is 2. The van der Waals surface area contributed by atoms with Crippen LogP contribution in [0.25, 0.3) is 0 Å². The Labute approximate surface area is 141 Å². The molecule has 3 rings (SSSR count). The number of aryl methyl sites for hydroxylation is 1. The molecule has 1 fully saturated rings. The average molecular weight is 345 g/mol. The summed E-state index contributed by atoms with van der Waals surface area (Å²) in [6.07, 6.45) is 0. The highest BCUT2D eigenvalue weighted by molar-refractivity contribution is 7.92. The molecule has 2 aromatic carbocycles. The van der Waals surface area contributed by atoms with E-state index in [2.05, 4.69) is 0 Å². The summed E-state index contributed by atoms with van der Waals surface area (Å²) in [5.74, 6) is -1.81. The Balaban J connectivity index is 2.11. The van der Waals surface area contributed by atoms with Crippen LogP contribution in [-0.2, 0) is 14.6 Å². The zero-order chi connectivity index (χ0) is 17.5. The molecule has 0 spiro atoms. The fourth-order valence-corrected chi connectivity index (χ4v) is 5.86. The Morgan fingerprint density at radius 1 is 1.12 bits per heavy atom. The number of aliphatic carboxylic acids is 1. The highest BCUT2D eigenvalue weighted by Crippen LogP contribution is 2.63. The predicted molar refractivity (Wildman–Crippen MR) is 90.5 cm³/mol. The van der Waals surface area contributed by atoms with Gasteiger partial charge < -0.3 is 10.8 Å². The molecular weight excluding hydrogens is 326 g/mol. The predicted octanol–water partition coefficient (Wildman–Crippen LogP) is 1.96. The van der Waals surface area contributed by atoms with Crippen LogP contribution < -0.4 is 5.73 Å². The minimum Gasteiger partial charge on any atom is -0.481 e. The second-order valence-electron chi connectivity index (χ2n) is 6.22. The van der Waals surface area contributed by atoms with Crippen LogP contribution >= 0.6 is 0 Å². The molecular formula is C18H19NO4S. The maximum absolute atomic E-state index is 13.0. The van der Waals surface area contributed by atoms with Gasteiger partial charge in [-0.05, 0) is 24.6 Å². The van der Waals surface area contributed by atoms with Gasteiger partial charge in [0, 0.05) is 12.5 Å². The van der Waals surface area contributed by atoms with Crippen molar-refractivity contribution < 1.29 is 18.3 Å². The topological polar surface area (TPSA) is 97.5 Å². The fraction of sp³-hybridized carbons (Fsp3) is 0.278. The summed E-state index contributed by atoms with van der Waals surface area (Å²) in [6, 6.07) is 15.2. The molecule has 0 unspecified atom stereocenters. The lowest BCUT2D eigenvalue weighted by atomic mass is 9.99. The summed E-state index contributed by atoms with van der Waals surface area (Å²) in [4.78, 5) is 12.0. The first-order valence-corrected chi connectivity index (χ1v) is 9.19. The molecule has 126 valence electrons. The smallest absolute Gasteiger partial charge is 0.312 e. The van der Waals surface area contributed by atoms with E-state index in [-0.39, 0.29) is 11.4 Å². The van der Waals surface area contributed by atoms with E-state index in [1.165, 1.54) is 12.1 Å². The highest BCUT2D eigenvalue weighted by atomic mass is 32.2. The van der Waals surface area contributed by atoms with Crippen LogP contribution in [0.3, 0.4) is 0 Å². The van der Waals surface area contributed by atoms with Crippen LogP contribution in [0.4, 0.5) is 0 Å². The Bertz CT molecular complexity index is 862. The quantitative estimate of drug-likeness (QED) is 0.863. The van der Waals surface area contributed by atoms with Crippen molar-refractivity contribution in [2.45, 2.75) is 23.0 Å². The number of rotatable bonds is 5. The zero-order valence-electron chi connectivity index (χ0n) is 13.2. The van der Waals surface area contributed by atoms with E-state index in [0.717, 1.165) is 5.56 Å². The van der Waals surface area contributed by atoms with Crippen LogP contribution in [0.5, 0.6) is 0 Å². The standard InChI is InChI=1S/C18H19NO4S/c1-12-7-9-13(10-8-12)15-16(18(15,11-19)17(20)21)24(22,23)14-5-3-2-4-6-14/h2-10,15-16H,11,19H2,1H3,(H,20,21)/t15-,16-,18+/m1/s1. The summed E-state index contributed by atoms with van der Waals surface area (Å²) >= 11 is 0. The van der Waals surface area contributed by atoms with Gasteiger partial charge in [0.25, 0.3) is 0 Å². The molecule has 3 atom stereocenters. The number of carbonyl (C=O) groups is 1. The minimum absolute atomic E-state index is 0.128. The second-order valence-corrected chi connectivity index (χ2v) is 8.29. The van der Waals surface area contributed by atoms with Crippen LogP contribution in [-0.4, -0.2) is 31.3 Å². The maximum atomic E-state index is 13.0. The van der Waals surface area contributed by atoms with E-state index in [1.54, 1.807) is 30.3 Å². The lowest BCUT2D eigenvalue weighted by Gasteiger charge is -2.10. The molecule has 5 nitrogen and oxygen atoms in total. The Kier molecular flexibility index (Phi) is 3.97. The molecule has 6 heteroatoms. The number of carboxylic acid groups (broad SMARTS) is 1. The lowest BCUT2D eigenvalue weighted by molar-refractivity contribution is -0.143. The summed E-state index contributed by atoms with van der Waals surface area (Å²) < 4.78 is 26.0. The van der Waals surface area contributed by atoms with Crippen molar-refractivity contribution in [2.75, 3.05) is 6.54 Å². The van der Waals surface area contributed by atoms with Crippen molar-refractivity contribution in [2.24, 2.45) is 11.1 Å². The lowest BCUT2D eigenvalue weighted by Crippen LogP contribution is -2.31. The van der Waals surface area contributed by atoms with Gasteiger partial charge in [0.2, 0.25) is 0 Å². The second kappa shape index (κ2) is 5.72. The van der Waals surface area contributed by atoms with Crippen LogP contribution in [0, 0.1) is 12.3 Å². The average Bonchev–Trinajstić information content (AvgIpc) is 3.28. The SMILES string of the molecule is Cc1ccc([C@@H]2[C@@H](S(=O)(=O)c3ccccc3)[C@@]2(CN)C(=O)O)cc1. The zero-order valence-corrected chi connectivity index (χ0v) is 14.0. The van der Waals surface area contributed by atoms with E-state index in [1.807, 2.05) is 19.1 Å².